The van der Waals surface area contributed by atoms with Gasteiger partial charge in [0.2, 0.25) is 5.91 Å². The third kappa shape index (κ3) is 4.32. The van der Waals surface area contributed by atoms with Crippen LogP contribution in [0.2, 0.25) is 0 Å². The van der Waals surface area contributed by atoms with Crippen LogP contribution in [-0.2, 0) is 11.3 Å². The van der Waals surface area contributed by atoms with Crippen LogP contribution in [0, 0.1) is 18.3 Å². The normalized spacial score (nSPS) is 10.5. The quantitative estimate of drug-likeness (QED) is 0.856. The average molecular weight is 280 g/mol. The van der Waals surface area contributed by atoms with E-state index in [-0.39, 0.29) is 5.91 Å². The Morgan fingerprint density at radius 1 is 1.43 bits per heavy atom. The van der Waals surface area contributed by atoms with Crippen molar-refractivity contribution in [3.05, 3.63) is 53.7 Å². The molecular formula is C16H16N4O. The van der Waals surface area contributed by atoms with Crippen molar-refractivity contribution in [3.63, 3.8) is 0 Å². The monoisotopic (exact) mass is 280 g/mol. The highest BCUT2D eigenvalue weighted by atomic mass is 16.1. The van der Waals surface area contributed by atoms with Gasteiger partial charge >= 0.3 is 0 Å². The van der Waals surface area contributed by atoms with Gasteiger partial charge in [0.05, 0.1) is 24.7 Å². The molecule has 0 aliphatic heterocycles. The van der Waals surface area contributed by atoms with Crippen LogP contribution in [0.25, 0.3) is 6.08 Å². The highest BCUT2D eigenvalue weighted by Crippen LogP contribution is 2.11. The zero-order chi connectivity index (χ0) is 15.1. The number of carbonyl (C=O) groups is 1. The molecule has 0 aliphatic carbocycles. The fraction of sp³-hybridized carbons (Fsp3) is 0.188. The zero-order valence-electron chi connectivity index (χ0n) is 11.8. The number of aromatic nitrogens is 2. The first-order valence-corrected chi connectivity index (χ1v) is 6.64. The van der Waals surface area contributed by atoms with E-state index in [2.05, 4.69) is 16.5 Å². The van der Waals surface area contributed by atoms with Crippen LogP contribution in [0.15, 0.2) is 42.5 Å². The topological polar surface area (TPSA) is 70.7 Å². The maximum absolute atomic E-state index is 11.9. The predicted molar refractivity (Wildman–Crippen MR) is 81.3 cm³/mol. The maximum atomic E-state index is 11.9. The van der Waals surface area contributed by atoms with E-state index >= 15 is 0 Å². The van der Waals surface area contributed by atoms with Gasteiger partial charge in [-0.3, -0.25) is 4.79 Å². The van der Waals surface area contributed by atoms with Gasteiger partial charge < -0.3 is 5.32 Å². The third-order valence-corrected chi connectivity index (χ3v) is 2.82. The van der Waals surface area contributed by atoms with E-state index < -0.39 is 0 Å². The van der Waals surface area contributed by atoms with Crippen molar-refractivity contribution in [2.75, 3.05) is 5.32 Å². The van der Waals surface area contributed by atoms with Gasteiger partial charge in [-0.25, -0.2) is 4.68 Å². The lowest BCUT2D eigenvalue weighted by atomic mass is 10.2. The molecule has 106 valence electrons. The van der Waals surface area contributed by atoms with Crippen molar-refractivity contribution in [1.82, 2.24) is 9.78 Å². The summed E-state index contributed by atoms with van der Waals surface area (Å²) in [5.74, 6) is 0.377. The number of aryl methyl sites for hydroxylation is 2. The number of nitrogens with zero attached hydrogens (tertiary/aromatic N) is 3. The van der Waals surface area contributed by atoms with Crippen LogP contribution < -0.4 is 5.32 Å². The largest absolute Gasteiger partial charge is 0.307 e. The molecule has 0 spiro atoms. The fourth-order valence-corrected chi connectivity index (χ4v) is 1.88. The molecule has 2 rings (SSSR count). The molecule has 2 aromatic rings. The second-order valence-electron chi connectivity index (χ2n) is 4.54. The van der Waals surface area contributed by atoms with Crippen molar-refractivity contribution in [1.29, 1.82) is 5.26 Å². The van der Waals surface area contributed by atoms with Crippen LogP contribution in [0.3, 0.4) is 0 Å². The van der Waals surface area contributed by atoms with E-state index in [1.165, 1.54) is 6.08 Å². The Morgan fingerprint density at radius 2 is 2.19 bits per heavy atom. The second kappa shape index (κ2) is 7.06. The Hall–Kier alpha value is -2.87. The van der Waals surface area contributed by atoms with E-state index in [1.807, 2.05) is 37.3 Å². The molecule has 1 aromatic carbocycles. The second-order valence-corrected chi connectivity index (χ2v) is 4.54. The Morgan fingerprint density at radius 3 is 2.90 bits per heavy atom. The van der Waals surface area contributed by atoms with Crippen LogP contribution >= 0.6 is 0 Å². The number of nitrogens with one attached hydrogen (secondary N) is 1. The van der Waals surface area contributed by atoms with Gasteiger partial charge in [0, 0.05) is 12.1 Å². The summed E-state index contributed by atoms with van der Waals surface area (Å²) >= 11 is 0. The first kappa shape index (κ1) is 14.5. The lowest BCUT2D eigenvalue weighted by Gasteiger charge is -2.05. The van der Waals surface area contributed by atoms with Gasteiger partial charge in [-0.15, -0.1) is 0 Å². The first-order chi connectivity index (χ1) is 10.2. The number of benzene rings is 1. The van der Waals surface area contributed by atoms with Crippen molar-refractivity contribution < 1.29 is 4.79 Å². The number of anilines is 1. The summed E-state index contributed by atoms with van der Waals surface area (Å²) in [5.41, 5.74) is 1.76. The van der Waals surface area contributed by atoms with E-state index in [9.17, 15) is 4.79 Å². The molecule has 0 radical (unpaired) electrons. The number of hydrogen-bond acceptors (Lipinski definition) is 3. The van der Waals surface area contributed by atoms with E-state index in [4.69, 9.17) is 5.26 Å². The van der Waals surface area contributed by atoms with Crippen molar-refractivity contribution in [2.24, 2.45) is 0 Å². The highest BCUT2D eigenvalue weighted by molar-refractivity contribution is 6.01. The number of carbonyl (C=O) groups excluding carboxylic acids is 1. The van der Waals surface area contributed by atoms with Crippen molar-refractivity contribution >= 4 is 17.8 Å². The van der Waals surface area contributed by atoms with Crippen LogP contribution in [0.5, 0.6) is 0 Å². The number of hydrogen-bond donors (Lipinski definition) is 1. The Kier molecular flexibility index (Phi) is 4.89. The lowest BCUT2D eigenvalue weighted by Crippen LogP contribution is -2.13. The molecule has 21 heavy (non-hydrogen) atoms. The van der Waals surface area contributed by atoms with Gasteiger partial charge in [0.1, 0.15) is 5.82 Å². The summed E-state index contributed by atoms with van der Waals surface area (Å²) < 4.78 is 1.63. The molecular weight excluding hydrogens is 264 g/mol. The molecule has 1 amide bonds. The van der Waals surface area contributed by atoms with Gasteiger partial charge in [0.15, 0.2) is 0 Å². The van der Waals surface area contributed by atoms with Gasteiger partial charge in [-0.2, -0.15) is 10.4 Å². The molecule has 1 N–H and O–H groups in total. The van der Waals surface area contributed by atoms with Crippen LogP contribution in [0.4, 0.5) is 5.82 Å². The number of amides is 1. The Balaban J connectivity index is 2.03. The summed E-state index contributed by atoms with van der Waals surface area (Å²) in [6.45, 7) is 2.31. The molecule has 0 bridgehead atoms. The summed E-state index contributed by atoms with van der Waals surface area (Å²) in [7, 11) is 0. The molecule has 0 unspecified atom stereocenters. The average Bonchev–Trinajstić information content (AvgIpc) is 2.83. The van der Waals surface area contributed by atoms with Crippen LogP contribution in [-0.4, -0.2) is 15.7 Å². The van der Waals surface area contributed by atoms with Gasteiger partial charge in [-0.1, -0.05) is 30.3 Å². The minimum atomic E-state index is -0.225. The minimum absolute atomic E-state index is 0.225. The third-order valence-electron chi connectivity index (χ3n) is 2.82. The summed E-state index contributed by atoms with van der Waals surface area (Å²) in [6, 6.07) is 13.4. The summed E-state index contributed by atoms with van der Waals surface area (Å²) in [6.07, 6.45) is 3.58. The molecule has 1 aromatic heterocycles. The molecule has 0 atom stereocenters. The summed E-state index contributed by atoms with van der Waals surface area (Å²) in [5, 5.41) is 15.6. The first-order valence-electron chi connectivity index (χ1n) is 6.64. The molecule has 0 saturated heterocycles. The van der Waals surface area contributed by atoms with E-state index in [0.29, 0.717) is 18.8 Å². The SMILES string of the molecule is Cc1cc(NC(=O)/C=C\c2ccccc2)n(CCC#N)n1. The molecule has 0 aliphatic rings. The number of rotatable bonds is 5. The predicted octanol–water partition coefficient (Wildman–Crippen LogP) is 2.76. The van der Waals surface area contributed by atoms with E-state index in [0.717, 1.165) is 11.3 Å². The van der Waals surface area contributed by atoms with Crippen LogP contribution in [0.1, 0.15) is 17.7 Å². The Labute approximate surface area is 123 Å². The number of nitriles is 1. The standard InChI is InChI=1S/C16H16N4O/c1-13-12-15(20(19-13)11-5-10-17)18-16(21)9-8-14-6-3-2-4-7-14/h2-4,6-9,12H,5,11H2,1H3,(H,18,21)/b9-8-. The van der Waals surface area contributed by atoms with Gasteiger partial charge in [-0.05, 0) is 18.6 Å². The Bertz CT molecular complexity index is 680. The molecule has 0 fully saturated rings. The molecule has 5 heteroatoms. The van der Waals surface area contributed by atoms with Gasteiger partial charge in [0.25, 0.3) is 0 Å². The van der Waals surface area contributed by atoms with Crippen molar-refractivity contribution in [3.8, 4) is 6.07 Å². The zero-order valence-corrected chi connectivity index (χ0v) is 11.8. The molecule has 0 saturated carbocycles. The lowest BCUT2D eigenvalue weighted by molar-refractivity contribution is -0.111. The van der Waals surface area contributed by atoms with Crippen molar-refractivity contribution in [2.45, 2.75) is 19.9 Å². The molecule has 5 nitrogen and oxygen atoms in total. The summed E-state index contributed by atoms with van der Waals surface area (Å²) in [4.78, 5) is 11.9. The molecule has 1 heterocycles. The van der Waals surface area contributed by atoms with E-state index in [1.54, 1.807) is 16.8 Å². The minimum Gasteiger partial charge on any atom is -0.307 e. The fourth-order valence-electron chi connectivity index (χ4n) is 1.88. The highest BCUT2D eigenvalue weighted by Gasteiger charge is 2.07. The smallest absolute Gasteiger partial charge is 0.249 e. The maximum Gasteiger partial charge on any atom is 0.249 e.